The van der Waals surface area contributed by atoms with E-state index in [1.165, 1.54) is 15.9 Å². The number of aryl methyl sites for hydroxylation is 2. The SMILES string of the molecule is Cc1noc(C)c1NC(=O)N(C)C[C@@H]1OCCCC[C@H](C)Oc2ccc(NS(C)(=O)=O)cc2C(=O)N([C@@H](C)CO)C[C@@H]1C. The molecule has 1 aromatic carbocycles. The van der Waals surface area contributed by atoms with Gasteiger partial charge < -0.3 is 34.2 Å². The van der Waals surface area contributed by atoms with Gasteiger partial charge in [-0.2, -0.15) is 0 Å². The predicted molar refractivity (Wildman–Crippen MR) is 163 cm³/mol. The second-order valence-electron chi connectivity index (χ2n) is 11.4. The first-order chi connectivity index (χ1) is 20.2. The van der Waals surface area contributed by atoms with E-state index < -0.39 is 28.1 Å². The third-order valence-corrected chi connectivity index (χ3v) is 8.03. The number of aliphatic hydroxyl groups excluding tert-OH is 1. The van der Waals surface area contributed by atoms with Crippen molar-refractivity contribution in [2.45, 2.75) is 72.1 Å². The van der Waals surface area contributed by atoms with Crippen molar-refractivity contribution >= 4 is 33.3 Å². The fourth-order valence-corrected chi connectivity index (χ4v) is 5.43. The van der Waals surface area contributed by atoms with E-state index >= 15 is 0 Å². The van der Waals surface area contributed by atoms with Gasteiger partial charge in [0.2, 0.25) is 10.0 Å². The average Bonchev–Trinajstić information content (AvgIpc) is 3.25. The Hall–Kier alpha value is -3.36. The maximum absolute atomic E-state index is 14.1. The van der Waals surface area contributed by atoms with Crippen molar-refractivity contribution in [2.75, 3.05) is 49.6 Å². The van der Waals surface area contributed by atoms with Crippen LogP contribution in [0.3, 0.4) is 0 Å². The van der Waals surface area contributed by atoms with E-state index in [4.69, 9.17) is 14.0 Å². The van der Waals surface area contributed by atoms with Crippen molar-refractivity contribution in [1.82, 2.24) is 15.0 Å². The molecule has 1 aliphatic heterocycles. The number of nitrogens with zero attached hydrogens (tertiary/aromatic N) is 3. The topological polar surface area (TPSA) is 164 Å². The van der Waals surface area contributed by atoms with Crippen LogP contribution < -0.4 is 14.8 Å². The Kier molecular flexibility index (Phi) is 11.8. The molecule has 3 rings (SSSR count). The number of fused-ring (bicyclic) bond motifs is 1. The van der Waals surface area contributed by atoms with Gasteiger partial charge in [-0.1, -0.05) is 12.1 Å². The minimum Gasteiger partial charge on any atom is -0.490 e. The Morgan fingerprint density at radius 1 is 1.26 bits per heavy atom. The second kappa shape index (κ2) is 14.9. The second-order valence-corrected chi connectivity index (χ2v) is 13.1. The van der Waals surface area contributed by atoms with Gasteiger partial charge in [0.25, 0.3) is 5.91 Å². The van der Waals surface area contributed by atoms with Gasteiger partial charge in [0.05, 0.1) is 36.7 Å². The Morgan fingerprint density at radius 2 is 1.98 bits per heavy atom. The van der Waals surface area contributed by atoms with Gasteiger partial charge in [0.15, 0.2) is 5.76 Å². The molecule has 0 saturated heterocycles. The van der Waals surface area contributed by atoms with E-state index in [2.05, 4.69) is 15.2 Å². The molecule has 1 aliphatic rings. The zero-order valence-corrected chi connectivity index (χ0v) is 26.9. The molecule has 3 N–H and O–H groups in total. The summed E-state index contributed by atoms with van der Waals surface area (Å²) in [5.41, 5.74) is 1.50. The number of hydrogen-bond donors (Lipinski definition) is 3. The summed E-state index contributed by atoms with van der Waals surface area (Å²) in [5.74, 6) is 0.159. The molecular formula is C29H45N5O8S. The monoisotopic (exact) mass is 623 g/mol. The molecule has 0 spiro atoms. The highest BCUT2D eigenvalue weighted by molar-refractivity contribution is 7.92. The van der Waals surface area contributed by atoms with E-state index in [0.29, 0.717) is 35.9 Å². The summed E-state index contributed by atoms with van der Waals surface area (Å²) < 4.78 is 43.9. The third-order valence-electron chi connectivity index (χ3n) is 7.42. The van der Waals surface area contributed by atoms with Crippen molar-refractivity contribution < 1.29 is 37.1 Å². The summed E-state index contributed by atoms with van der Waals surface area (Å²) in [4.78, 5) is 30.2. The summed E-state index contributed by atoms with van der Waals surface area (Å²) >= 11 is 0. The van der Waals surface area contributed by atoms with Crippen molar-refractivity contribution in [3.63, 3.8) is 0 Å². The quantitative estimate of drug-likeness (QED) is 0.418. The molecule has 3 amide bonds. The lowest BCUT2D eigenvalue weighted by Crippen LogP contribution is -2.48. The number of likely N-dealkylation sites (N-methyl/N-ethyl adjacent to an activating group) is 1. The van der Waals surface area contributed by atoms with Gasteiger partial charge >= 0.3 is 6.03 Å². The lowest BCUT2D eigenvalue weighted by atomic mass is 10.0. The average molecular weight is 624 g/mol. The van der Waals surface area contributed by atoms with Gasteiger partial charge in [-0.05, 0) is 65.2 Å². The van der Waals surface area contributed by atoms with Crippen LogP contribution in [0, 0.1) is 19.8 Å². The van der Waals surface area contributed by atoms with Crippen LogP contribution in [0.4, 0.5) is 16.2 Å². The molecule has 2 aromatic rings. The van der Waals surface area contributed by atoms with Crippen LogP contribution in [0.25, 0.3) is 0 Å². The Morgan fingerprint density at radius 3 is 2.60 bits per heavy atom. The van der Waals surface area contributed by atoms with Crippen molar-refractivity contribution in [2.24, 2.45) is 5.92 Å². The number of ether oxygens (including phenoxy) is 2. The molecule has 0 fully saturated rings. The molecule has 240 valence electrons. The van der Waals surface area contributed by atoms with Gasteiger partial charge in [-0.25, -0.2) is 13.2 Å². The number of aromatic nitrogens is 1. The molecule has 0 bridgehead atoms. The molecule has 2 heterocycles. The van der Waals surface area contributed by atoms with E-state index in [1.807, 2.05) is 13.8 Å². The first-order valence-corrected chi connectivity index (χ1v) is 16.4. The number of sulfonamides is 1. The van der Waals surface area contributed by atoms with Gasteiger partial charge in [-0.3, -0.25) is 9.52 Å². The minimum atomic E-state index is -3.59. The van der Waals surface area contributed by atoms with Crippen LogP contribution in [0.15, 0.2) is 22.7 Å². The molecule has 43 heavy (non-hydrogen) atoms. The van der Waals surface area contributed by atoms with Crippen molar-refractivity contribution in [3.05, 3.63) is 35.2 Å². The predicted octanol–water partition coefficient (Wildman–Crippen LogP) is 3.62. The Balaban J connectivity index is 1.92. The van der Waals surface area contributed by atoms with Crippen LogP contribution in [0.2, 0.25) is 0 Å². The maximum atomic E-state index is 14.1. The smallest absolute Gasteiger partial charge is 0.321 e. The van der Waals surface area contributed by atoms with E-state index in [9.17, 15) is 23.1 Å². The van der Waals surface area contributed by atoms with Gasteiger partial charge in [0.1, 0.15) is 17.1 Å². The molecule has 0 unspecified atom stereocenters. The van der Waals surface area contributed by atoms with Crippen LogP contribution in [-0.2, 0) is 14.8 Å². The van der Waals surface area contributed by atoms with Crippen molar-refractivity contribution in [1.29, 1.82) is 0 Å². The molecule has 0 radical (unpaired) electrons. The fourth-order valence-electron chi connectivity index (χ4n) is 4.88. The molecule has 0 saturated carbocycles. The lowest BCUT2D eigenvalue weighted by molar-refractivity contribution is -0.0115. The fraction of sp³-hybridized carbons (Fsp3) is 0.621. The number of nitrogens with one attached hydrogen (secondary N) is 2. The number of carbonyl (C=O) groups is 2. The molecular weight excluding hydrogens is 578 g/mol. The van der Waals surface area contributed by atoms with Crippen LogP contribution >= 0.6 is 0 Å². The number of benzene rings is 1. The number of rotatable bonds is 7. The van der Waals surface area contributed by atoms with Crippen molar-refractivity contribution in [3.8, 4) is 5.75 Å². The van der Waals surface area contributed by atoms with Gasteiger partial charge in [-0.15, -0.1) is 0 Å². The molecule has 14 heteroatoms. The highest BCUT2D eigenvalue weighted by Gasteiger charge is 2.31. The number of carbonyl (C=O) groups excluding carboxylic acids is 2. The van der Waals surface area contributed by atoms with Crippen LogP contribution in [0.5, 0.6) is 5.75 Å². The zero-order valence-electron chi connectivity index (χ0n) is 26.0. The molecule has 4 atom stereocenters. The largest absolute Gasteiger partial charge is 0.490 e. The summed E-state index contributed by atoms with van der Waals surface area (Å²) in [6, 6.07) is 3.68. The number of aliphatic hydroxyl groups is 1. The molecule has 0 aliphatic carbocycles. The zero-order chi connectivity index (χ0) is 31.9. The van der Waals surface area contributed by atoms with Gasteiger partial charge in [0, 0.05) is 38.3 Å². The summed E-state index contributed by atoms with van der Waals surface area (Å²) in [6.45, 7) is 9.64. The molecule has 13 nitrogen and oxygen atoms in total. The lowest BCUT2D eigenvalue weighted by Gasteiger charge is -2.35. The number of urea groups is 1. The summed E-state index contributed by atoms with van der Waals surface area (Å²) in [6.07, 6.45) is 2.67. The maximum Gasteiger partial charge on any atom is 0.321 e. The van der Waals surface area contributed by atoms with E-state index in [1.54, 1.807) is 40.0 Å². The highest BCUT2D eigenvalue weighted by atomic mass is 32.2. The first kappa shape index (κ1) is 34.1. The normalized spacial score (nSPS) is 21.3. The van der Waals surface area contributed by atoms with Crippen LogP contribution in [0.1, 0.15) is 61.8 Å². The van der Waals surface area contributed by atoms with E-state index in [0.717, 1.165) is 19.1 Å². The number of hydrogen-bond acceptors (Lipinski definition) is 9. The third kappa shape index (κ3) is 9.57. The standard InChI is InChI=1S/C29H45N5O8S/c1-18-15-34(19(2)17-35)28(36)24-14-23(32-43(7,38)39)11-12-25(24)41-20(3)10-8-9-13-40-26(18)16-33(6)29(37)30-27-21(4)31-42-22(27)5/h11-12,14,18-20,26,32,35H,8-10,13,15-17H2,1-7H3,(H,30,37)/t18-,19-,20-,26-/m0/s1. The Labute approximate surface area is 253 Å². The molecule has 1 aromatic heterocycles. The number of amides is 3. The first-order valence-electron chi connectivity index (χ1n) is 14.5. The number of anilines is 2. The summed E-state index contributed by atoms with van der Waals surface area (Å²) in [7, 11) is -1.92. The Bertz CT molecular complexity index is 1350. The van der Waals surface area contributed by atoms with E-state index in [-0.39, 0.29) is 49.0 Å². The minimum absolute atomic E-state index is 0.179. The summed E-state index contributed by atoms with van der Waals surface area (Å²) in [5, 5.41) is 16.8. The van der Waals surface area contributed by atoms with Crippen LogP contribution in [-0.4, -0.2) is 98.3 Å². The highest BCUT2D eigenvalue weighted by Crippen LogP contribution is 2.29.